The molecule has 7 heteroatoms. The van der Waals surface area contributed by atoms with Crippen LogP contribution >= 0.6 is 0 Å². The normalized spacial score (nSPS) is 12.6. The molecule has 0 aliphatic heterocycles. The molecular weight excluding hydrogens is 468 g/mol. The fraction of sp³-hybridized carbons (Fsp3) is 0.367. The predicted molar refractivity (Wildman–Crippen MR) is 144 cm³/mol. The monoisotopic (exact) mass is 504 g/mol. The molecule has 0 aliphatic carbocycles. The zero-order valence-electron chi connectivity index (χ0n) is 21.7. The molecule has 0 radical (unpaired) electrons. The molecule has 3 N–H and O–H groups in total. The van der Waals surface area contributed by atoms with Crippen molar-refractivity contribution in [3.8, 4) is 5.75 Å². The maximum Gasteiger partial charge on any atom is 0.306 e. The first-order valence-electron chi connectivity index (χ1n) is 12.7. The van der Waals surface area contributed by atoms with E-state index in [0.717, 1.165) is 21.9 Å². The van der Waals surface area contributed by atoms with Crippen LogP contribution in [0.1, 0.15) is 37.8 Å². The quantitative estimate of drug-likeness (QED) is 0.321. The van der Waals surface area contributed by atoms with Gasteiger partial charge in [-0.25, -0.2) is 0 Å². The zero-order valence-corrected chi connectivity index (χ0v) is 21.7. The minimum Gasteiger partial charge on any atom is -0.508 e. The molecule has 2 amide bonds. The van der Waals surface area contributed by atoms with Crippen molar-refractivity contribution in [3.63, 3.8) is 0 Å². The van der Waals surface area contributed by atoms with Gasteiger partial charge in [0.1, 0.15) is 11.8 Å². The molecule has 3 rings (SSSR count). The van der Waals surface area contributed by atoms with Crippen molar-refractivity contribution in [1.82, 2.24) is 10.6 Å². The summed E-state index contributed by atoms with van der Waals surface area (Å²) in [5.74, 6) is -1.28. The van der Waals surface area contributed by atoms with Crippen LogP contribution in [0.25, 0.3) is 10.8 Å². The number of benzene rings is 3. The average Bonchev–Trinajstić information content (AvgIpc) is 2.88. The van der Waals surface area contributed by atoms with Crippen LogP contribution in [0.4, 0.5) is 0 Å². The SMILES string of the molecule is COC(=O)C[C@@H](CC(C)C)C(=O)N[C@@H](Cc1ccc2ccccc2c1)C(=O)NCCc1ccc(O)cc1. The molecule has 0 heterocycles. The lowest BCUT2D eigenvalue weighted by molar-refractivity contribution is -0.144. The summed E-state index contributed by atoms with van der Waals surface area (Å²) in [4.78, 5) is 38.5. The molecular formula is C30H36N2O5. The lowest BCUT2D eigenvalue weighted by atomic mass is 9.92. The largest absolute Gasteiger partial charge is 0.508 e. The number of hydrogen-bond donors (Lipinski definition) is 3. The fourth-order valence-corrected chi connectivity index (χ4v) is 4.35. The molecule has 196 valence electrons. The van der Waals surface area contributed by atoms with Gasteiger partial charge in [0.25, 0.3) is 0 Å². The number of esters is 1. The molecule has 3 aromatic rings. The smallest absolute Gasteiger partial charge is 0.306 e. The molecule has 0 saturated carbocycles. The van der Waals surface area contributed by atoms with E-state index in [-0.39, 0.29) is 29.9 Å². The predicted octanol–water partition coefficient (Wildman–Crippen LogP) is 4.16. The lowest BCUT2D eigenvalue weighted by Crippen LogP contribution is -2.50. The third-order valence-corrected chi connectivity index (χ3v) is 6.30. The molecule has 3 aromatic carbocycles. The third-order valence-electron chi connectivity index (χ3n) is 6.30. The van der Waals surface area contributed by atoms with Crippen LogP contribution in [0, 0.1) is 11.8 Å². The Morgan fingerprint density at radius 3 is 2.24 bits per heavy atom. The van der Waals surface area contributed by atoms with Gasteiger partial charge in [0.2, 0.25) is 11.8 Å². The molecule has 0 spiro atoms. The highest BCUT2D eigenvalue weighted by atomic mass is 16.5. The Labute approximate surface area is 218 Å². The van der Waals surface area contributed by atoms with Gasteiger partial charge < -0.3 is 20.5 Å². The Kier molecular flexibility index (Phi) is 10.1. The number of fused-ring (bicyclic) bond motifs is 1. The number of aromatic hydroxyl groups is 1. The maximum absolute atomic E-state index is 13.3. The Hall–Kier alpha value is -3.87. The Balaban J connectivity index is 1.75. The van der Waals surface area contributed by atoms with Crippen molar-refractivity contribution in [1.29, 1.82) is 0 Å². The highest BCUT2D eigenvalue weighted by molar-refractivity contribution is 5.90. The van der Waals surface area contributed by atoms with Gasteiger partial charge in [0, 0.05) is 18.9 Å². The molecule has 37 heavy (non-hydrogen) atoms. The summed E-state index contributed by atoms with van der Waals surface area (Å²) in [5.41, 5.74) is 1.90. The number of amides is 2. The lowest BCUT2D eigenvalue weighted by Gasteiger charge is -2.23. The summed E-state index contributed by atoms with van der Waals surface area (Å²) in [6, 6.07) is 20.0. The van der Waals surface area contributed by atoms with E-state index >= 15 is 0 Å². The van der Waals surface area contributed by atoms with Gasteiger partial charge in [-0.15, -0.1) is 0 Å². The summed E-state index contributed by atoms with van der Waals surface area (Å²) >= 11 is 0. The van der Waals surface area contributed by atoms with E-state index < -0.39 is 17.9 Å². The van der Waals surface area contributed by atoms with Crippen molar-refractivity contribution in [3.05, 3.63) is 77.9 Å². The number of ether oxygens (including phenoxy) is 1. The first-order chi connectivity index (χ1) is 17.7. The van der Waals surface area contributed by atoms with E-state index in [0.29, 0.717) is 25.8 Å². The Morgan fingerprint density at radius 2 is 1.57 bits per heavy atom. The van der Waals surface area contributed by atoms with Crippen molar-refractivity contribution in [2.75, 3.05) is 13.7 Å². The maximum atomic E-state index is 13.3. The molecule has 0 aromatic heterocycles. The third kappa shape index (κ3) is 8.63. The van der Waals surface area contributed by atoms with Gasteiger partial charge in [-0.3, -0.25) is 14.4 Å². The van der Waals surface area contributed by atoms with Gasteiger partial charge in [-0.1, -0.05) is 68.4 Å². The highest BCUT2D eigenvalue weighted by Gasteiger charge is 2.28. The van der Waals surface area contributed by atoms with Crippen LogP contribution in [-0.4, -0.2) is 42.6 Å². The van der Waals surface area contributed by atoms with Crippen LogP contribution in [0.5, 0.6) is 5.75 Å². The molecule has 2 atom stereocenters. The summed E-state index contributed by atoms with van der Waals surface area (Å²) in [7, 11) is 1.30. The Morgan fingerprint density at radius 1 is 0.892 bits per heavy atom. The van der Waals surface area contributed by atoms with Gasteiger partial charge in [-0.2, -0.15) is 0 Å². The number of rotatable bonds is 12. The van der Waals surface area contributed by atoms with Crippen molar-refractivity contribution in [2.24, 2.45) is 11.8 Å². The average molecular weight is 505 g/mol. The summed E-state index contributed by atoms with van der Waals surface area (Å²) < 4.78 is 4.79. The topological polar surface area (TPSA) is 105 Å². The number of nitrogens with one attached hydrogen (secondary N) is 2. The zero-order chi connectivity index (χ0) is 26.8. The van der Waals surface area contributed by atoms with Gasteiger partial charge in [0.15, 0.2) is 0 Å². The van der Waals surface area contributed by atoms with E-state index in [1.807, 2.05) is 56.3 Å². The Bertz CT molecular complexity index is 1210. The second kappa shape index (κ2) is 13.4. The first-order valence-corrected chi connectivity index (χ1v) is 12.7. The number of methoxy groups -OCH3 is 1. The van der Waals surface area contributed by atoms with Gasteiger partial charge in [0.05, 0.1) is 13.5 Å². The minimum atomic E-state index is -0.805. The van der Waals surface area contributed by atoms with E-state index in [2.05, 4.69) is 10.6 Å². The molecule has 0 bridgehead atoms. The van der Waals surface area contributed by atoms with Crippen LogP contribution < -0.4 is 10.6 Å². The number of phenols is 1. The van der Waals surface area contributed by atoms with Crippen LogP contribution in [-0.2, 0) is 32.0 Å². The van der Waals surface area contributed by atoms with Gasteiger partial charge >= 0.3 is 5.97 Å². The molecule has 0 unspecified atom stereocenters. The number of hydrogen-bond acceptors (Lipinski definition) is 5. The van der Waals surface area contributed by atoms with E-state index in [1.54, 1.807) is 24.3 Å². The second-order valence-corrected chi connectivity index (χ2v) is 9.76. The standard InChI is InChI=1S/C30H36N2O5/c1-20(2)16-25(19-28(34)37-3)29(35)32-27(18-22-8-11-23-6-4-5-7-24(23)17-22)30(36)31-15-14-21-9-12-26(33)13-10-21/h4-13,17,20,25,27,33H,14-16,18-19H2,1-3H3,(H,31,36)(H,32,35)/t25-,27+/m1/s1. The summed E-state index contributed by atoms with van der Waals surface area (Å²) in [6.07, 6.45) is 1.37. The van der Waals surface area contributed by atoms with Crippen molar-refractivity contribution < 1.29 is 24.2 Å². The number of carbonyl (C=O) groups is 3. The minimum absolute atomic E-state index is 0.0360. The molecule has 7 nitrogen and oxygen atoms in total. The van der Waals surface area contributed by atoms with Gasteiger partial charge in [-0.05, 0) is 52.8 Å². The van der Waals surface area contributed by atoms with Crippen LogP contribution in [0.3, 0.4) is 0 Å². The van der Waals surface area contributed by atoms with E-state index in [9.17, 15) is 19.5 Å². The van der Waals surface area contributed by atoms with Crippen molar-refractivity contribution >= 4 is 28.6 Å². The van der Waals surface area contributed by atoms with E-state index in [4.69, 9.17) is 4.74 Å². The molecule has 0 aliphatic rings. The highest BCUT2D eigenvalue weighted by Crippen LogP contribution is 2.19. The van der Waals surface area contributed by atoms with Crippen LogP contribution in [0.2, 0.25) is 0 Å². The fourth-order valence-electron chi connectivity index (χ4n) is 4.35. The second-order valence-electron chi connectivity index (χ2n) is 9.76. The summed E-state index contributed by atoms with van der Waals surface area (Å²) in [6.45, 7) is 4.35. The van der Waals surface area contributed by atoms with E-state index in [1.165, 1.54) is 7.11 Å². The first kappa shape index (κ1) is 27.7. The summed E-state index contributed by atoms with van der Waals surface area (Å²) in [5, 5.41) is 17.5. The molecule has 0 saturated heterocycles. The molecule has 0 fully saturated rings. The van der Waals surface area contributed by atoms with Crippen molar-refractivity contribution in [2.45, 2.75) is 45.6 Å². The number of phenolic OH excluding ortho intramolecular Hbond substituents is 1. The van der Waals surface area contributed by atoms with Crippen LogP contribution in [0.15, 0.2) is 66.7 Å². The number of carbonyl (C=O) groups excluding carboxylic acids is 3.